The lowest BCUT2D eigenvalue weighted by Gasteiger charge is -2.42. The lowest BCUT2D eigenvalue weighted by atomic mass is 9.73. The van der Waals surface area contributed by atoms with Crippen molar-refractivity contribution in [3.05, 3.63) is 84.5 Å². The third-order valence-corrected chi connectivity index (χ3v) is 11.1. The summed E-state index contributed by atoms with van der Waals surface area (Å²) in [5.74, 6) is -1.85. The molecule has 9 heteroatoms. The van der Waals surface area contributed by atoms with E-state index in [4.69, 9.17) is 9.47 Å². The van der Waals surface area contributed by atoms with Crippen LogP contribution in [0.2, 0.25) is 0 Å². The monoisotopic (exact) mass is 639 g/mol. The van der Waals surface area contributed by atoms with Crippen molar-refractivity contribution in [2.75, 3.05) is 31.2 Å². The van der Waals surface area contributed by atoms with Gasteiger partial charge in [0.25, 0.3) is 0 Å². The summed E-state index contributed by atoms with van der Waals surface area (Å²) < 4.78 is 12.8. The van der Waals surface area contributed by atoms with Crippen molar-refractivity contribution < 1.29 is 29.0 Å². The Morgan fingerprint density at radius 3 is 2.28 bits per heavy atom. The molecule has 2 aromatic carbocycles. The van der Waals surface area contributed by atoms with Crippen molar-refractivity contribution in [3.8, 4) is 5.75 Å². The van der Waals surface area contributed by atoms with E-state index in [2.05, 4.69) is 0 Å². The first-order valence-electron chi connectivity index (χ1n) is 17.3. The average Bonchev–Trinajstić information content (AvgIpc) is 3.39. The fraction of sp³-hybridized carbons (Fsp3) is 0.500. The van der Waals surface area contributed by atoms with Gasteiger partial charge in [-0.2, -0.15) is 0 Å². The SMILES string of the molecule is CCOc1ccc(N2CC=C[C@]3(CC)O[C@]45C=CCN(C6CCCCC6)C(=O)C4N([C@H](CO)c4ccccc4)C(=O)[C@@H]5[C@@H]3C2=O)cc1. The minimum Gasteiger partial charge on any atom is -0.494 e. The molecule has 248 valence electrons. The highest BCUT2D eigenvalue weighted by molar-refractivity contribution is 6.04. The Hall–Kier alpha value is -3.95. The molecule has 4 heterocycles. The van der Waals surface area contributed by atoms with E-state index in [1.54, 1.807) is 9.80 Å². The van der Waals surface area contributed by atoms with Crippen LogP contribution in [-0.4, -0.2) is 82.2 Å². The number of carbonyl (C=O) groups is 3. The number of aliphatic hydroxyl groups is 1. The Morgan fingerprint density at radius 2 is 1.60 bits per heavy atom. The van der Waals surface area contributed by atoms with Crippen molar-refractivity contribution in [2.24, 2.45) is 11.8 Å². The normalized spacial score (nSPS) is 31.3. The van der Waals surface area contributed by atoms with Gasteiger partial charge in [-0.25, -0.2) is 0 Å². The summed E-state index contributed by atoms with van der Waals surface area (Å²) in [7, 11) is 0. The van der Waals surface area contributed by atoms with E-state index in [0.717, 1.165) is 37.7 Å². The first-order chi connectivity index (χ1) is 22.9. The first-order valence-corrected chi connectivity index (χ1v) is 17.3. The predicted molar refractivity (Wildman–Crippen MR) is 178 cm³/mol. The van der Waals surface area contributed by atoms with Crippen LogP contribution < -0.4 is 9.64 Å². The molecule has 3 fully saturated rings. The number of ether oxygens (including phenoxy) is 2. The van der Waals surface area contributed by atoms with Crippen LogP contribution in [0.5, 0.6) is 5.75 Å². The van der Waals surface area contributed by atoms with Crippen molar-refractivity contribution in [1.29, 1.82) is 0 Å². The third-order valence-electron chi connectivity index (χ3n) is 11.1. The van der Waals surface area contributed by atoms with E-state index in [9.17, 15) is 14.7 Å². The molecule has 1 aliphatic carbocycles. The zero-order valence-electron chi connectivity index (χ0n) is 27.3. The number of hydrogen-bond donors (Lipinski definition) is 1. The van der Waals surface area contributed by atoms with E-state index < -0.39 is 35.1 Å². The molecular formula is C38H45N3O6. The van der Waals surface area contributed by atoms with Gasteiger partial charge in [-0.15, -0.1) is 0 Å². The van der Waals surface area contributed by atoms with Gasteiger partial charge in [0.05, 0.1) is 36.7 Å². The Morgan fingerprint density at radius 1 is 0.872 bits per heavy atom. The minimum atomic E-state index is -1.39. The molecule has 1 N–H and O–H groups in total. The third kappa shape index (κ3) is 5.01. The highest BCUT2D eigenvalue weighted by Gasteiger charge is 2.76. The number of fused-ring (bicyclic) bond motifs is 2. The van der Waals surface area contributed by atoms with Gasteiger partial charge in [-0.1, -0.05) is 80.8 Å². The number of rotatable bonds is 8. The molecule has 0 aromatic heterocycles. The maximum atomic E-state index is 15.1. The molecule has 6 atom stereocenters. The molecule has 1 unspecified atom stereocenters. The molecule has 4 aliphatic heterocycles. The summed E-state index contributed by atoms with van der Waals surface area (Å²) in [5, 5.41) is 10.9. The molecule has 0 bridgehead atoms. The van der Waals surface area contributed by atoms with Crippen molar-refractivity contribution in [2.45, 2.75) is 81.7 Å². The fourth-order valence-electron chi connectivity index (χ4n) is 8.92. The number of carbonyl (C=O) groups excluding carboxylic acids is 3. The summed E-state index contributed by atoms with van der Waals surface area (Å²) in [6, 6.07) is 15.0. The van der Waals surface area contributed by atoms with Crippen molar-refractivity contribution in [3.63, 3.8) is 0 Å². The number of benzene rings is 2. The molecule has 9 nitrogen and oxygen atoms in total. The summed E-state index contributed by atoms with van der Waals surface area (Å²) >= 11 is 0. The summed E-state index contributed by atoms with van der Waals surface area (Å²) in [5.41, 5.74) is -1.05. The zero-order valence-corrected chi connectivity index (χ0v) is 27.3. The van der Waals surface area contributed by atoms with Crippen LogP contribution in [0, 0.1) is 11.8 Å². The van der Waals surface area contributed by atoms with E-state index in [1.165, 1.54) is 0 Å². The van der Waals surface area contributed by atoms with Crippen LogP contribution in [0.1, 0.15) is 64.0 Å². The number of hydrogen-bond acceptors (Lipinski definition) is 6. The molecular weight excluding hydrogens is 594 g/mol. The predicted octanol–water partition coefficient (Wildman–Crippen LogP) is 4.81. The van der Waals surface area contributed by atoms with E-state index in [0.29, 0.717) is 37.6 Å². The second-order valence-electron chi connectivity index (χ2n) is 13.4. The van der Waals surface area contributed by atoms with E-state index >= 15 is 4.79 Å². The Labute approximate surface area is 276 Å². The van der Waals surface area contributed by atoms with Gasteiger partial charge in [-0.3, -0.25) is 14.4 Å². The molecule has 0 radical (unpaired) electrons. The zero-order chi connectivity index (χ0) is 32.8. The lowest BCUT2D eigenvalue weighted by molar-refractivity contribution is -0.157. The molecule has 2 aromatic rings. The molecule has 1 saturated carbocycles. The quantitative estimate of drug-likeness (QED) is 0.417. The summed E-state index contributed by atoms with van der Waals surface area (Å²) in [6.07, 6.45) is 13.3. The number of aliphatic hydroxyl groups excluding tert-OH is 1. The van der Waals surface area contributed by atoms with Gasteiger partial charge in [-0.05, 0) is 56.0 Å². The Kier molecular flexibility index (Phi) is 8.47. The van der Waals surface area contributed by atoms with Gasteiger partial charge in [0.1, 0.15) is 17.4 Å². The maximum absolute atomic E-state index is 15.1. The van der Waals surface area contributed by atoms with Crippen LogP contribution >= 0.6 is 0 Å². The van der Waals surface area contributed by atoms with Crippen LogP contribution in [0.15, 0.2) is 78.9 Å². The first kappa shape index (κ1) is 31.6. The minimum absolute atomic E-state index is 0.0695. The van der Waals surface area contributed by atoms with Crippen LogP contribution in [0.3, 0.4) is 0 Å². The standard InChI is InChI=1S/C38H45N3O6/c1-3-37-21-11-23-39(28-17-19-29(20-18-28)46-4-2)34(43)31(37)32-35(44)41(30(25-42)26-13-7-5-8-14-26)33-36(45)40(27-15-9-6-10-16-27)24-12-22-38(32,33)47-37/h5,7-8,11-14,17-22,27,30-33,42H,3-4,6,9-10,15-16,23-25H2,1-2H3/t30-,31-,32+,33?,37+,38+/m1/s1. The summed E-state index contributed by atoms with van der Waals surface area (Å²) in [6.45, 7) is 4.81. The Bertz CT molecular complexity index is 1550. The van der Waals surface area contributed by atoms with Gasteiger partial charge in [0, 0.05) is 24.8 Å². The van der Waals surface area contributed by atoms with Crippen LogP contribution in [0.25, 0.3) is 0 Å². The molecule has 2 saturated heterocycles. The topological polar surface area (TPSA) is 99.6 Å². The molecule has 1 spiro atoms. The van der Waals surface area contributed by atoms with E-state index in [-0.39, 0.29) is 30.4 Å². The molecule has 47 heavy (non-hydrogen) atoms. The maximum Gasteiger partial charge on any atom is 0.249 e. The van der Waals surface area contributed by atoms with Crippen LogP contribution in [0.4, 0.5) is 5.69 Å². The smallest absolute Gasteiger partial charge is 0.249 e. The van der Waals surface area contributed by atoms with Crippen molar-refractivity contribution >= 4 is 23.4 Å². The number of anilines is 1. The second-order valence-corrected chi connectivity index (χ2v) is 13.4. The lowest BCUT2D eigenvalue weighted by Crippen LogP contribution is -2.58. The highest BCUT2D eigenvalue weighted by Crippen LogP contribution is 2.60. The van der Waals surface area contributed by atoms with Gasteiger partial charge >= 0.3 is 0 Å². The van der Waals surface area contributed by atoms with Gasteiger partial charge in [0.2, 0.25) is 17.7 Å². The van der Waals surface area contributed by atoms with Gasteiger partial charge in [0.15, 0.2) is 0 Å². The van der Waals surface area contributed by atoms with E-state index in [1.807, 2.05) is 97.6 Å². The average molecular weight is 640 g/mol. The molecule has 5 aliphatic rings. The number of nitrogens with zero attached hydrogens (tertiary/aromatic N) is 3. The van der Waals surface area contributed by atoms with Crippen LogP contribution in [-0.2, 0) is 19.1 Å². The second kappa shape index (κ2) is 12.6. The Balaban J connectivity index is 1.36. The fourth-order valence-corrected chi connectivity index (χ4v) is 8.92. The molecule has 3 amide bonds. The highest BCUT2D eigenvalue weighted by atomic mass is 16.5. The number of likely N-dealkylation sites (tertiary alicyclic amines) is 1. The largest absolute Gasteiger partial charge is 0.494 e. The van der Waals surface area contributed by atoms with Gasteiger partial charge < -0.3 is 29.3 Å². The van der Waals surface area contributed by atoms with Crippen molar-refractivity contribution in [1.82, 2.24) is 9.80 Å². The summed E-state index contributed by atoms with van der Waals surface area (Å²) in [4.78, 5) is 50.2. The molecule has 7 rings (SSSR count). The number of amides is 3.